The molecule has 2 heterocycles. The average molecular weight is 240 g/mol. The molecule has 15 heavy (non-hydrogen) atoms. The first-order chi connectivity index (χ1) is 7.26. The van der Waals surface area contributed by atoms with E-state index in [2.05, 4.69) is 26.8 Å². The van der Waals surface area contributed by atoms with Crippen molar-refractivity contribution in [3.05, 3.63) is 6.33 Å². The Morgan fingerprint density at radius 3 is 2.93 bits per heavy atom. The van der Waals surface area contributed by atoms with Crippen LogP contribution in [0.15, 0.2) is 10.7 Å². The Morgan fingerprint density at radius 2 is 2.27 bits per heavy atom. The molecule has 0 amide bonds. The highest BCUT2D eigenvalue weighted by atomic mass is 32.2. The van der Waals surface area contributed by atoms with Gasteiger partial charge in [0.15, 0.2) is 15.8 Å². The lowest BCUT2D eigenvalue weighted by atomic mass is 10.5. The number of thiazole rings is 1. The molecule has 0 aliphatic carbocycles. The zero-order valence-electron chi connectivity index (χ0n) is 8.89. The summed E-state index contributed by atoms with van der Waals surface area (Å²) >= 11 is 3.30. The van der Waals surface area contributed by atoms with Crippen molar-refractivity contribution >= 4 is 39.3 Å². The van der Waals surface area contributed by atoms with Crippen LogP contribution in [0, 0.1) is 0 Å². The Bertz CT molecular complexity index is 468. The fraction of sp³-hybridized carbons (Fsp3) is 0.444. The SMILES string of the molecule is CCN(C)c1ncnc2nc(SC)sc12. The summed E-state index contributed by atoms with van der Waals surface area (Å²) in [6.45, 7) is 3.03. The van der Waals surface area contributed by atoms with Crippen LogP contribution in [0.1, 0.15) is 6.92 Å². The molecule has 0 saturated heterocycles. The fourth-order valence-electron chi connectivity index (χ4n) is 1.23. The zero-order chi connectivity index (χ0) is 10.8. The highest BCUT2D eigenvalue weighted by Gasteiger charge is 2.11. The summed E-state index contributed by atoms with van der Waals surface area (Å²) in [7, 11) is 2.03. The number of rotatable bonds is 3. The van der Waals surface area contributed by atoms with Gasteiger partial charge in [0.25, 0.3) is 0 Å². The van der Waals surface area contributed by atoms with Gasteiger partial charge < -0.3 is 4.90 Å². The van der Waals surface area contributed by atoms with Gasteiger partial charge in [-0.1, -0.05) is 11.8 Å². The van der Waals surface area contributed by atoms with Crippen molar-refractivity contribution in [3.8, 4) is 0 Å². The Hall–Kier alpha value is -0.880. The number of hydrogen-bond acceptors (Lipinski definition) is 6. The molecule has 0 unspecified atom stereocenters. The van der Waals surface area contributed by atoms with E-state index < -0.39 is 0 Å². The maximum atomic E-state index is 4.41. The smallest absolute Gasteiger partial charge is 0.176 e. The molecule has 2 rings (SSSR count). The average Bonchev–Trinajstić information content (AvgIpc) is 2.70. The standard InChI is InChI=1S/C9H12N4S2/c1-4-13(2)8-6-7(10-5-11-8)12-9(14-3)15-6/h5H,4H2,1-3H3. The van der Waals surface area contributed by atoms with E-state index >= 15 is 0 Å². The molecule has 0 aliphatic rings. The molecule has 2 aromatic rings. The molecule has 0 radical (unpaired) electrons. The Morgan fingerprint density at radius 1 is 1.47 bits per heavy atom. The molecule has 0 N–H and O–H groups in total. The number of nitrogens with zero attached hydrogens (tertiary/aromatic N) is 4. The van der Waals surface area contributed by atoms with Crippen molar-refractivity contribution in [2.75, 3.05) is 24.7 Å². The van der Waals surface area contributed by atoms with Gasteiger partial charge in [0.2, 0.25) is 0 Å². The van der Waals surface area contributed by atoms with Crippen LogP contribution in [0.5, 0.6) is 0 Å². The Kier molecular flexibility index (Phi) is 3.06. The number of hydrogen-bond donors (Lipinski definition) is 0. The van der Waals surface area contributed by atoms with Crippen molar-refractivity contribution in [1.29, 1.82) is 0 Å². The summed E-state index contributed by atoms with van der Waals surface area (Å²) in [5.41, 5.74) is 0.801. The minimum absolute atomic E-state index is 0.801. The van der Waals surface area contributed by atoms with E-state index in [-0.39, 0.29) is 0 Å². The van der Waals surface area contributed by atoms with Crippen LogP contribution in [-0.4, -0.2) is 34.8 Å². The van der Waals surface area contributed by atoms with E-state index in [0.717, 1.165) is 27.0 Å². The summed E-state index contributed by atoms with van der Waals surface area (Å²) < 4.78 is 2.11. The van der Waals surface area contributed by atoms with Gasteiger partial charge in [-0.3, -0.25) is 0 Å². The van der Waals surface area contributed by atoms with Gasteiger partial charge in [-0.05, 0) is 13.2 Å². The van der Waals surface area contributed by atoms with Crippen molar-refractivity contribution in [2.24, 2.45) is 0 Å². The van der Waals surface area contributed by atoms with Crippen LogP contribution in [0.4, 0.5) is 5.82 Å². The van der Waals surface area contributed by atoms with E-state index in [0.29, 0.717) is 0 Å². The minimum atomic E-state index is 0.801. The first kappa shape index (κ1) is 10.6. The van der Waals surface area contributed by atoms with Gasteiger partial charge in [-0.15, -0.1) is 11.3 Å². The summed E-state index contributed by atoms with van der Waals surface area (Å²) in [4.78, 5) is 15.0. The predicted molar refractivity (Wildman–Crippen MR) is 65.9 cm³/mol. The Balaban J connectivity index is 2.59. The van der Waals surface area contributed by atoms with Gasteiger partial charge in [0.1, 0.15) is 11.0 Å². The number of anilines is 1. The molecule has 0 bridgehead atoms. The van der Waals surface area contributed by atoms with Gasteiger partial charge in [-0.25, -0.2) is 15.0 Å². The van der Waals surface area contributed by atoms with Crippen molar-refractivity contribution in [2.45, 2.75) is 11.3 Å². The summed E-state index contributed by atoms with van der Waals surface area (Å²) in [5, 5.41) is 0. The zero-order valence-corrected chi connectivity index (χ0v) is 10.5. The van der Waals surface area contributed by atoms with Gasteiger partial charge in [0, 0.05) is 13.6 Å². The van der Waals surface area contributed by atoms with E-state index in [1.54, 1.807) is 29.4 Å². The molecule has 0 saturated carbocycles. The molecule has 2 aromatic heterocycles. The van der Waals surface area contributed by atoms with Crippen molar-refractivity contribution < 1.29 is 0 Å². The van der Waals surface area contributed by atoms with Crippen LogP contribution in [0.25, 0.3) is 10.3 Å². The van der Waals surface area contributed by atoms with Gasteiger partial charge in [0.05, 0.1) is 0 Å². The molecule has 6 heteroatoms. The second kappa shape index (κ2) is 4.32. The minimum Gasteiger partial charge on any atom is -0.359 e. The molecule has 0 aromatic carbocycles. The summed E-state index contributed by atoms with van der Waals surface area (Å²) in [6.07, 6.45) is 3.60. The molecule has 0 spiro atoms. The van der Waals surface area contributed by atoms with Gasteiger partial charge >= 0.3 is 0 Å². The lowest BCUT2D eigenvalue weighted by Crippen LogP contribution is -2.17. The quantitative estimate of drug-likeness (QED) is 0.770. The number of fused-ring (bicyclic) bond motifs is 1. The third-order valence-corrected chi connectivity index (χ3v) is 4.19. The van der Waals surface area contributed by atoms with Crippen LogP contribution in [0.2, 0.25) is 0 Å². The van der Waals surface area contributed by atoms with E-state index in [9.17, 15) is 0 Å². The number of thioether (sulfide) groups is 1. The Labute approximate surface area is 96.8 Å². The highest BCUT2D eigenvalue weighted by Crippen LogP contribution is 2.31. The maximum absolute atomic E-state index is 4.41. The lowest BCUT2D eigenvalue weighted by molar-refractivity contribution is 0.940. The van der Waals surface area contributed by atoms with Gasteiger partial charge in [-0.2, -0.15) is 0 Å². The topological polar surface area (TPSA) is 41.9 Å². The monoisotopic (exact) mass is 240 g/mol. The van der Waals surface area contributed by atoms with Crippen molar-refractivity contribution in [3.63, 3.8) is 0 Å². The summed E-state index contributed by atoms with van der Waals surface area (Å²) in [6, 6.07) is 0. The predicted octanol–water partition coefficient (Wildman–Crippen LogP) is 2.26. The van der Waals surface area contributed by atoms with Crippen LogP contribution < -0.4 is 4.90 Å². The molecule has 4 nitrogen and oxygen atoms in total. The molecule has 80 valence electrons. The molecular formula is C9H12N4S2. The summed E-state index contributed by atoms with van der Waals surface area (Å²) in [5.74, 6) is 0.972. The van der Waals surface area contributed by atoms with Crippen LogP contribution >= 0.6 is 23.1 Å². The highest BCUT2D eigenvalue weighted by molar-refractivity contribution is 8.00. The molecular weight excluding hydrogens is 228 g/mol. The molecule has 0 fully saturated rings. The number of aromatic nitrogens is 3. The fourth-order valence-corrected chi connectivity index (χ4v) is 2.79. The lowest BCUT2D eigenvalue weighted by Gasteiger charge is -2.14. The van der Waals surface area contributed by atoms with E-state index in [1.807, 2.05) is 13.3 Å². The molecule has 0 aliphatic heterocycles. The van der Waals surface area contributed by atoms with E-state index in [4.69, 9.17) is 0 Å². The first-order valence-electron chi connectivity index (χ1n) is 4.63. The largest absolute Gasteiger partial charge is 0.359 e. The normalized spacial score (nSPS) is 10.9. The molecule has 0 atom stereocenters. The maximum Gasteiger partial charge on any atom is 0.176 e. The second-order valence-electron chi connectivity index (χ2n) is 3.05. The second-order valence-corrected chi connectivity index (χ2v) is 5.10. The third kappa shape index (κ3) is 1.91. The first-order valence-corrected chi connectivity index (χ1v) is 6.67. The third-order valence-electron chi connectivity index (χ3n) is 2.16. The van der Waals surface area contributed by atoms with Crippen LogP contribution in [0.3, 0.4) is 0 Å². The van der Waals surface area contributed by atoms with Crippen molar-refractivity contribution in [1.82, 2.24) is 15.0 Å². The van der Waals surface area contributed by atoms with Crippen LogP contribution in [-0.2, 0) is 0 Å². The van der Waals surface area contributed by atoms with E-state index in [1.165, 1.54) is 0 Å².